The maximum absolute atomic E-state index is 12.8. The maximum atomic E-state index is 12.8. The van der Waals surface area contributed by atoms with Gasteiger partial charge in [0.05, 0.1) is 11.6 Å². The normalized spacial score (nSPS) is 14.0. The molecule has 0 atom stereocenters. The third-order valence-corrected chi connectivity index (χ3v) is 7.19. The highest BCUT2D eigenvalue weighted by atomic mass is 79.9. The zero-order chi connectivity index (χ0) is 19.1. The first-order valence-corrected chi connectivity index (χ1v) is 10.7. The summed E-state index contributed by atoms with van der Waals surface area (Å²) in [6, 6.07) is 9.88. The van der Waals surface area contributed by atoms with E-state index in [1.165, 1.54) is 25.2 Å². The molecule has 0 aliphatic carbocycles. The van der Waals surface area contributed by atoms with Crippen molar-refractivity contribution in [2.75, 3.05) is 25.0 Å². The van der Waals surface area contributed by atoms with Crippen LogP contribution in [0.15, 0.2) is 45.8 Å². The number of likely N-dealkylation sites (N-methyl/N-ethyl adjacent to an activating group) is 1. The van der Waals surface area contributed by atoms with E-state index in [2.05, 4.69) is 15.9 Å². The van der Waals surface area contributed by atoms with Crippen molar-refractivity contribution < 1.29 is 13.2 Å². The van der Waals surface area contributed by atoms with E-state index >= 15 is 0 Å². The fourth-order valence-electron chi connectivity index (χ4n) is 2.83. The van der Waals surface area contributed by atoms with Crippen molar-refractivity contribution in [1.29, 1.82) is 0 Å². The number of carbonyl (C=O) groups is 1. The molecular formula is C17H15BrCl2N2O3S. The monoisotopic (exact) mass is 476 g/mol. The Morgan fingerprint density at radius 2 is 1.96 bits per heavy atom. The van der Waals surface area contributed by atoms with Crippen LogP contribution in [-0.4, -0.2) is 38.8 Å². The predicted molar refractivity (Wildman–Crippen MR) is 106 cm³/mol. The van der Waals surface area contributed by atoms with Crippen molar-refractivity contribution in [1.82, 2.24) is 4.31 Å². The lowest BCUT2D eigenvalue weighted by Gasteiger charge is -2.22. The molecular weight excluding hydrogens is 463 g/mol. The topological polar surface area (TPSA) is 57.7 Å². The Bertz CT molecular complexity index is 982. The largest absolute Gasteiger partial charge is 0.311 e. The highest BCUT2D eigenvalue weighted by Gasteiger charge is 2.30. The summed E-state index contributed by atoms with van der Waals surface area (Å²) >= 11 is 15.3. The van der Waals surface area contributed by atoms with Crippen molar-refractivity contribution >= 4 is 60.7 Å². The van der Waals surface area contributed by atoms with Gasteiger partial charge < -0.3 is 4.90 Å². The standard InChI is InChI=1S/C17H15BrCl2N2O3S/c1-21(26(24,25)16-9-13(19)3-4-14(16)20)10-17(23)22-7-6-11-8-12(18)2-5-15(11)22/h2-5,8-9H,6-7,10H2,1H3. The van der Waals surface area contributed by atoms with E-state index in [1.807, 2.05) is 18.2 Å². The van der Waals surface area contributed by atoms with Gasteiger partial charge in [-0.15, -0.1) is 0 Å². The molecule has 9 heteroatoms. The molecule has 0 saturated carbocycles. The van der Waals surface area contributed by atoms with E-state index < -0.39 is 10.0 Å². The number of benzene rings is 2. The van der Waals surface area contributed by atoms with Gasteiger partial charge in [-0.2, -0.15) is 4.31 Å². The molecule has 2 aromatic carbocycles. The van der Waals surface area contributed by atoms with Gasteiger partial charge in [0, 0.05) is 28.8 Å². The van der Waals surface area contributed by atoms with Crippen LogP contribution in [0.1, 0.15) is 5.56 Å². The second-order valence-corrected chi connectivity index (χ2v) is 9.68. The number of sulfonamides is 1. The van der Waals surface area contributed by atoms with E-state index in [0.717, 1.165) is 26.4 Å². The van der Waals surface area contributed by atoms with Crippen LogP contribution in [0.5, 0.6) is 0 Å². The number of rotatable bonds is 4. The first kappa shape index (κ1) is 19.6. The molecule has 2 aromatic rings. The number of carbonyl (C=O) groups excluding carboxylic acids is 1. The van der Waals surface area contributed by atoms with Crippen molar-refractivity contribution in [3.8, 4) is 0 Å². The minimum absolute atomic E-state index is 0.0602. The van der Waals surface area contributed by atoms with Crippen LogP contribution in [0.3, 0.4) is 0 Å². The molecule has 138 valence electrons. The zero-order valence-electron chi connectivity index (χ0n) is 13.7. The number of fused-ring (bicyclic) bond motifs is 1. The molecule has 0 aromatic heterocycles. The first-order chi connectivity index (χ1) is 12.2. The van der Waals surface area contributed by atoms with Gasteiger partial charge in [-0.05, 0) is 48.4 Å². The number of amides is 1. The van der Waals surface area contributed by atoms with Gasteiger partial charge in [0.15, 0.2) is 0 Å². The molecule has 1 aliphatic rings. The molecule has 0 unspecified atom stereocenters. The van der Waals surface area contributed by atoms with Gasteiger partial charge in [-0.25, -0.2) is 8.42 Å². The molecule has 1 amide bonds. The van der Waals surface area contributed by atoms with Crippen molar-refractivity contribution in [3.05, 3.63) is 56.5 Å². The summed E-state index contributed by atoms with van der Waals surface area (Å²) in [5.41, 5.74) is 1.86. The number of halogens is 3. The van der Waals surface area contributed by atoms with Gasteiger partial charge in [-0.1, -0.05) is 39.1 Å². The van der Waals surface area contributed by atoms with Crippen molar-refractivity contribution in [2.45, 2.75) is 11.3 Å². The fourth-order valence-corrected chi connectivity index (χ4v) is 5.09. The van der Waals surface area contributed by atoms with Crippen LogP contribution >= 0.6 is 39.1 Å². The molecule has 0 N–H and O–H groups in total. The summed E-state index contributed by atoms with van der Waals surface area (Å²) in [5, 5.41) is 0.316. The SMILES string of the molecule is CN(CC(=O)N1CCc2cc(Br)ccc21)S(=O)(=O)c1cc(Cl)ccc1Cl. The molecule has 0 saturated heterocycles. The molecule has 0 spiro atoms. The van der Waals surface area contributed by atoms with Crippen LogP contribution in [0.4, 0.5) is 5.69 Å². The quantitative estimate of drug-likeness (QED) is 0.669. The summed E-state index contributed by atoms with van der Waals surface area (Å²) in [6.45, 7) is 0.233. The molecule has 26 heavy (non-hydrogen) atoms. The van der Waals surface area contributed by atoms with Crippen LogP contribution in [0.25, 0.3) is 0 Å². The minimum atomic E-state index is -3.94. The molecule has 0 bridgehead atoms. The van der Waals surface area contributed by atoms with Crippen LogP contribution < -0.4 is 4.90 Å². The Hall–Kier alpha value is -1.12. The smallest absolute Gasteiger partial charge is 0.244 e. The van der Waals surface area contributed by atoms with E-state index in [-0.39, 0.29) is 27.4 Å². The van der Waals surface area contributed by atoms with Gasteiger partial charge in [0.25, 0.3) is 0 Å². The van der Waals surface area contributed by atoms with Gasteiger partial charge in [0.2, 0.25) is 15.9 Å². The average molecular weight is 478 g/mol. The van der Waals surface area contributed by atoms with Crippen LogP contribution in [0, 0.1) is 0 Å². The number of hydrogen-bond acceptors (Lipinski definition) is 3. The molecule has 1 heterocycles. The Morgan fingerprint density at radius 3 is 2.69 bits per heavy atom. The van der Waals surface area contributed by atoms with E-state index in [0.29, 0.717) is 6.54 Å². The second-order valence-electron chi connectivity index (χ2n) is 5.90. The van der Waals surface area contributed by atoms with Crippen LogP contribution in [-0.2, 0) is 21.2 Å². The fraction of sp³-hybridized carbons (Fsp3) is 0.235. The van der Waals surface area contributed by atoms with E-state index in [4.69, 9.17) is 23.2 Å². The minimum Gasteiger partial charge on any atom is -0.311 e. The third-order valence-electron chi connectivity index (χ3n) is 4.18. The molecule has 3 rings (SSSR count). The third kappa shape index (κ3) is 3.77. The van der Waals surface area contributed by atoms with Crippen molar-refractivity contribution in [2.24, 2.45) is 0 Å². The molecule has 0 fully saturated rings. The molecule has 0 radical (unpaired) electrons. The summed E-state index contributed by atoms with van der Waals surface area (Å²) < 4.78 is 27.4. The van der Waals surface area contributed by atoms with E-state index in [1.54, 1.807) is 4.90 Å². The summed E-state index contributed by atoms with van der Waals surface area (Å²) in [7, 11) is -2.59. The molecule has 5 nitrogen and oxygen atoms in total. The summed E-state index contributed by atoms with van der Waals surface area (Å²) in [4.78, 5) is 14.2. The Kier molecular flexibility index (Phi) is 5.65. The predicted octanol–water partition coefficient (Wildman–Crippen LogP) is 3.97. The van der Waals surface area contributed by atoms with Gasteiger partial charge >= 0.3 is 0 Å². The lowest BCUT2D eigenvalue weighted by Crippen LogP contribution is -2.40. The Balaban J connectivity index is 1.81. The lowest BCUT2D eigenvalue weighted by molar-refractivity contribution is -0.118. The highest BCUT2D eigenvalue weighted by Crippen LogP contribution is 2.31. The maximum Gasteiger partial charge on any atom is 0.244 e. The first-order valence-electron chi connectivity index (χ1n) is 7.70. The number of nitrogens with zero attached hydrogens (tertiary/aromatic N) is 2. The Labute approximate surface area is 170 Å². The Morgan fingerprint density at radius 1 is 1.23 bits per heavy atom. The second kappa shape index (κ2) is 7.48. The highest BCUT2D eigenvalue weighted by molar-refractivity contribution is 9.10. The summed E-state index contributed by atoms with van der Waals surface area (Å²) in [6.07, 6.45) is 0.733. The van der Waals surface area contributed by atoms with Gasteiger partial charge in [0.1, 0.15) is 4.90 Å². The average Bonchev–Trinajstić information content (AvgIpc) is 2.99. The lowest BCUT2D eigenvalue weighted by atomic mass is 10.2. The summed E-state index contributed by atoms with van der Waals surface area (Å²) in [5.74, 6) is -0.296. The van der Waals surface area contributed by atoms with E-state index in [9.17, 15) is 13.2 Å². The number of anilines is 1. The van der Waals surface area contributed by atoms with Gasteiger partial charge in [-0.3, -0.25) is 4.79 Å². The number of hydrogen-bond donors (Lipinski definition) is 0. The van der Waals surface area contributed by atoms with Crippen LogP contribution in [0.2, 0.25) is 10.0 Å². The zero-order valence-corrected chi connectivity index (χ0v) is 17.7. The molecule has 1 aliphatic heterocycles. The van der Waals surface area contributed by atoms with Crippen molar-refractivity contribution in [3.63, 3.8) is 0 Å².